The van der Waals surface area contributed by atoms with Gasteiger partial charge in [0.25, 0.3) is 5.91 Å². The average molecular weight is 397 g/mol. The van der Waals surface area contributed by atoms with E-state index >= 15 is 0 Å². The van der Waals surface area contributed by atoms with Crippen molar-refractivity contribution in [3.05, 3.63) is 59.5 Å². The smallest absolute Gasteiger partial charge is 0.270 e. The monoisotopic (exact) mass is 397 g/mol. The second-order valence-corrected chi connectivity index (χ2v) is 6.85. The molecule has 0 aromatic heterocycles. The van der Waals surface area contributed by atoms with Gasteiger partial charge in [-0.1, -0.05) is 12.1 Å². The van der Waals surface area contributed by atoms with Gasteiger partial charge in [-0.3, -0.25) is 14.4 Å². The molecular weight excluding hydrogens is 370 g/mol. The second kappa shape index (κ2) is 10.1. The molecule has 1 heterocycles. The van der Waals surface area contributed by atoms with E-state index in [2.05, 4.69) is 5.32 Å². The maximum Gasteiger partial charge on any atom is 0.270 e. The molecule has 1 aromatic rings. The van der Waals surface area contributed by atoms with Crippen molar-refractivity contribution in [2.45, 2.75) is 12.8 Å². The third kappa shape index (κ3) is 5.71. The first-order chi connectivity index (χ1) is 13.9. The van der Waals surface area contributed by atoms with Gasteiger partial charge in [-0.2, -0.15) is 0 Å². The lowest BCUT2D eigenvalue weighted by Gasteiger charge is -2.32. The molecule has 2 amide bonds. The highest BCUT2D eigenvalue weighted by molar-refractivity contribution is 6.00. The Morgan fingerprint density at radius 3 is 2.52 bits per heavy atom. The van der Waals surface area contributed by atoms with Crippen LogP contribution in [-0.4, -0.2) is 55.1 Å². The van der Waals surface area contributed by atoms with Crippen LogP contribution in [0.15, 0.2) is 53.9 Å². The number of nitrogens with one attached hydrogen (secondary N) is 1. The number of carbonyl (C=O) groups excluding carboxylic acids is 3. The number of amides is 2. The molecule has 8 nitrogen and oxygen atoms in total. The summed E-state index contributed by atoms with van der Waals surface area (Å²) in [7, 11) is 3.24. The number of hydrogen-bond donors (Lipinski definition) is 3. The van der Waals surface area contributed by atoms with Gasteiger partial charge in [-0.15, -0.1) is 0 Å². The van der Waals surface area contributed by atoms with Gasteiger partial charge in [0, 0.05) is 37.6 Å². The third-order valence-electron chi connectivity index (χ3n) is 4.47. The fourth-order valence-electron chi connectivity index (χ4n) is 3.03. The zero-order valence-corrected chi connectivity index (χ0v) is 16.7. The van der Waals surface area contributed by atoms with E-state index in [1.165, 1.54) is 11.1 Å². The van der Waals surface area contributed by atoms with Crippen molar-refractivity contribution in [3.63, 3.8) is 0 Å². The molecule has 0 saturated carbocycles. The predicted molar refractivity (Wildman–Crippen MR) is 113 cm³/mol. The van der Waals surface area contributed by atoms with E-state index in [-0.39, 0.29) is 18.4 Å². The normalized spacial score (nSPS) is 14.8. The topological polar surface area (TPSA) is 122 Å². The number of hydrogen-bond acceptors (Lipinski definition) is 6. The Labute approximate surface area is 170 Å². The van der Waals surface area contributed by atoms with E-state index < -0.39 is 0 Å². The number of carbonyl (C=O) groups is 3. The van der Waals surface area contributed by atoms with Crippen LogP contribution >= 0.6 is 0 Å². The quantitative estimate of drug-likeness (QED) is 0.467. The second-order valence-electron chi connectivity index (χ2n) is 6.85. The molecule has 0 bridgehead atoms. The molecule has 0 atom stereocenters. The first kappa shape index (κ1) is 21.7. The molecule has 5 N–H and O–H groups in total. The van der Waals surface area contributed by atoms with Crippen LogP contribution in [0.25, 0.3) is 5.70 Å². The van der Waals surface area contributed by atoms with Gasteiger partial charge in [-0.25, -0.2) is 0 Å². The van der Waals surface area contributed by atoms with Crippen LogP contribution in [0.3, 0.4) is 0 Å². The highest BCUT2D eigenvalue weighted by Crippen LogP contribution is 2.22. The molecule has 0 unspecified atom stereocenters. The Balaban J connectivity index is 2.09. The minimum absolute atomic E-state index is 0.0165. The van der Waals surface area contributed by atoms with Crippen LogP contribution in [-0.2, 0) is 14.4 Å². The van der Waals surface area contributed by atoms with Crippen molar-refractivity contribution in [3.8, 4) is 0 Å². The molecule has 1 aliphatic rings. The van der Waals surface area contributed by atoms with E-state index in [4.69, 9.17) is 11.5 Å². The maximum atomic E-state index is 12.5. The van der Waals surface area contributed by atoms with Gasteiger partial charge in [-0.05, 0) is 48.9 Å². The standard InChI is InChI=1S/C21H27N5O3/c1-25(2)21(29)20-16(14-27)5-4-12-26(20)13-19(28)24-17-9-7-15(8-10-17)18(23)6-3-11-22/h3,6-11,14H,4-5,12-13,22-23H2,1-2H3,(H,24,28)/b11-3-,18-6-. The average Bonchev–Trinajstić information content (AvgIpc) is 2.71. The molecule has 1 aromatic carbocycles. The van der Waals surface area contributed by atoms with Crippen molar-refractivity contribution in [1.82, 2.24) is 9.80 Å². The number of allylic oxidation sites excluding steroid dienone is 3. The Morgan fingerprint density at radius 2 is 1.93 bits per heavy atom. The molecule has 154 valence electrons. The molecule has 29 heavy (non-hydrogen) atoms. The first-order valence-electron chi connectivity index (χ1n) is 9.26. The van der Waals surface area contributed by atoms with E-state index in [1.54, 1.807) is 55.4 Å². The molecule has 0 spiro atoms. The lowest BCUT2D eigenvalue weighted by molar-refractivity contribution is -0.127. The minimum atomic E-state index is -0.280. The number of nitrogens with zero attached hydrogens (tertiary/aromatic N) is 2. The summed E-state index contributed by atoms with van der Waals surface area (Å²) < 4.78 is 0. The van der Waals surface area contributed by atoms with Crippen LogP contribution in [0, 0.1) is 0 Å². The summed E-state index contributed by atoms with van der Waals surface area (Å²) in [6.45, 7) is 0.520. The van der Waals surface area contributed by atoms with Crippen LogP contribution in [0.1, 0.15) is 18.4 Å². The Morgan fingerprint density at radius 1 is 1.24 bits per heavy atom. The summed E-state index contributed by atoms with van der Waals surface area (Å²) in [5.74, 6) is -0.554. The van der Waals surface area contributed by atoms with E-state index in [0.29, 0.717) is 48.3 Å². The van der Waals surface area contributed by atoms with Crippen molar-refractivity contribution < 1.29 is 14.4 Å². The number of nitrogens with two attached hydrogens (primary N) is 2. The van der Waals surface area contributed by atoms with Crippen LogP contribution in [0.4, 0.5) is 5.69 Å². The number of likely N-dealkylation sites (N-methyl/N-ethyl adjacent to an activating group) is 1. The zero-order valence-electron chi connectivity index (χ0n) is 16.7. The highest BCUT2D eigenvalue weighted by Gasteiger charge is 2.28. The number of aldehydes is 1. The van der Waals surface area contributed by atoms with Crippen LogP contribution in [0.2, 0.25) is 0 Å². The minimum Gasteiger partial charge on any atom is -0.405 e. The van der Waals surface area contributed by atoms with E-state index in [0.717, 1.165) is 5.56 Å². The third-order valence-corrected chi connectivity index (χ3v) is 4.47. The summed E-state index contributed by atoms with van der Waals surface area (Å²) in [6.07, 6.45) is 6.66. The van der Waals surface area contributed by atoms with Gasteiger partial charge in [0.05, 0.1) is 6.54 Å². The van der Waals surface area contributed by atoms with Crippen LogP contribution < -0.4 is 16.8 Å². The molecular formula is C21H27N5O3. The molecule has 0 fully saturated rings. The summed E-state index contributed by atoms with van der Waals surface area (Å²) in [6, 6.07) is 7.07. The number of anilines is 1. The summed E-state index contributed by atoms with van der Waals surface area (Å²) >= 11 is 0. The predicted octanol–water partition coefficient (Wildman–Crippen LogP) is 1.03. The SMILES string of the molecule is CN(C)C(=O)C1=C(C=O)CCCN1CC(=O)Nc1ccc(/C(N)=C/C=C\N)cc1. The largest absolute Gasteiger partial charge is 0.405 e. The van der Waals surface area contributed by atoms with Crippen molar-refractivity contribution in [2.24, 2.45) is 11.5 Å². The first-order valence-corrected chi connectivity index (χ1v) is 9.26. The van der Waals surface area contributed by atoms with Crippen LogP contribution in [0.5, 0.6) is 0 Å². The molecule has 8 heteroatoms. The Hall–Kier alpha value is -3.55. The lowest BCUT2D eigenvalue weighted by Crippen LogP contribution is -2.42. The number of benzene rings is 1. The van der Waals surface area contributed by atoms with Gasteiger partial charge in [0.2, 0.25) is 5.91 Å². The van der Waals surface area contributed by atoms with Gasteiger partial charge in [0.15, 0.2) is 0 Å². The highest BCUT2D eigenvalue weighted by atomic mass is 16.2. The van der Waals surface area contributed by atoms with E-state index in [1.807, 2.05) is 0 Å². The summed E-state index contributed by atoms with van der Waals surface area (Å²) in [5.41, 5.74) is 13.9. The van der Waals surface area contributed by atoms with Gasteiger partial charge >= 0.3 is 0 Å². The Kier molecular flexibility index (Phi) is 7.59. The molecule has 0 aliphatic carbocycles. The van der Waals surface area contributed by atoms with Crippen molar-refractivity contribution in [1.29, 1.82) is 0 Å². The molecule has 0 saturated heterocycles. The molecule has 1 aliphatic heterocycles. The fourth-order valence-corrected chi connectivity index (χ4v) is 3.03. The summed E-state index contributed by atoms with van der Waals surface area (Å²) in [4.78, 5) is 39.5. The Bertz CT molecular complexity index is 854. The van der Waals surface area contributed by atoms with Gasteiger partial charge in [0.1, 0.15) is 12.0 Å². The number of rotatable bonds is 7. The lowest BCUT2D eigenvalue weighted by atomic mass is 10.0. The van der Waals surface area contributed by atoms with E-state index in [9.17, 15) is 14.4 Å². The van der Waals surface area contributed by atoms with Gasteiger partial charge < -0.3 is 26.6 Å². The van der Waals surface area contributed by atoms with Crippen molar-refractivity contribution in [2.75, 3.05) is 32.5 Å². The summed E-state index contributed by atoms with van der Waals surface area (Å²) in [5, 5.41) is 2.81. The fraction of sp³-hybridized carbons (Fsp3) is 0.286. The molecule has 2 rings (SSSR count). The van der Waals surface area contributed by atoms with Crippen molar-refractivity contribution >= 4 is 29.5 Å². The zero-order chi connectivity index (χ0) is 21.4. The maximum absolute atomic E-state index is 12.5. The molecule has 0 radical (unpaired) electrons.